The third kappa shape index (κ3) is 6.89. The number of para-hydroxylation sites is 1. The maximum absolute atomic E-state index is 13.6. The molecule has 12 nitrogen and oxygen atoms in total. The van der Waals surface area contributed by atoms with E-state index in [0.29, 0.717) is 6.42 Å². The predicted octanol–water partition coefficient (Wildman–Crippen LogP) is 1.57. The van der Waals surface area contributed by atoms with Gasteiger partial charge in [-0.1, -0.05) is 32.0 Å². The van der Waals surface area contributed by atoms with Gasteiger partial charge in [-0.2, -0.15) is 5.09 Å². The Morgan fingerprint density at radius 2 is 2.00 bits per heavy atom. The van der Waals surface area contributed by atoms with E-state index < -0.39 is 55.4 Å². The van der Waals surface area contributed by atoms with Crippen molar-refractivity contribution in [2.24, 2.45) is 5.92 Å². The number of carbonyl (C=O) groups is 1. The number of nitrogens with zero attached hydrogens (tertiary/aromatic N) is 1. The lowest BCUT2D eigenvalue weighted by Gasteiger charge is -2.24. The van der Waals surface area contributed by atoms with Crippen LogP contribution in [0.4, 0.5) is 0 Å². The van der Waals surface area contributed by atoms with Crippen LogP contribution in [-0.4, -0.2) is 52.1 Å². The van der Waals surface area contributed by atoms with Crippen LogP contribution in [0.3, 0.4) is 0 Å². The van der Waals surface area contributed by atoms with Gasteiger partial charge in [0.05, 0.1) is 19.3 Å². The fourth-order valence-corrected chi connectivity index (χ4v) is 4.98. The van der Waals surface area contributed by atoms with Crippen molar-refractivity contribution in [3.05, 3.63) is 63.4 Å². The van der Waals surface area contributed by atoms with Gasteiger partial charge in [-0.25, -0.2) is 9.36 Å². The lowest BCUT2D eigenvalue weighted by Crippen LogP contribution is -2.36. The van der Waals surface area contributed by atoms with Gasteiger partial charge in [-0.15, -0.1) is 0 Å². The number of ether oxygens (including phenoxy) is 2. The van der Waals surface area contributed by atoms with Crippen molar-refractivity contribution in [1.29, 1.82) is 0 Å². The first-order valence-electron chi connectivity index (χ1n) is 11.2. The smallest absolute Gasteiger partial charge is 0.459 e. The number of aliphatic hydroxyl groups excluding tert-OH is 1. The second kappa shape index (κ2) is 11.8. The third-order valence-corrected chi connectivity index (χ3v) is 6.98. The highest BCUT2D eigenvalue weighted by Gasteiger charge is 2.44. The molecule has 2 heterocycles. The fourth-order valence-electron chi connectivity index (χ4n) is 3.47. The van der Waals surface area contributed by atoms with Crippen LogP contribution in [0.5, 0.6) is 5.75 Å². The number of aromatic amines is 1. The lowest BCUT2D eigenvalue weighted by atomic mass is 10.0. The molecule has 1 aromatic carbocycles. The molecular weight excluding hydrogens is 481 g/mol. The number of aromatic nitrogens is 2. The van der Waals surface area contributed by atoms with Gasteiger partial charge in [0.2, 0.25) is 0 Å². The van der Waals surface area contributed by atoms with Gasteiger partial charge in [-0.3, -0.25) is 23.7 Å². The fraction of sp³-hybridized carbons (Fsp3) is 0.500. The molecule has 1 aliphatic heterocycles. The maximum Gasteiger partial charge on any atom is 0.459 e. The summed E-state index contributed by atoms with van der Waals surface area (Å²) in [5.74, 6) is -0.954. The summed E-state index contributed by atoms with van der Waals surface area (Å²) in [6.07, 6.45) is -1.07. The third-order valence-electron chi connectivity index (χ3n) is 5.34. The minimum absolute atomic E-state index is 0.209. The second-order valence-corrected chi connectivity index (χ2v) is 9.84. The Kier molecular flexibility index (Phi) is 9.03. The molecule has 1 fully saturated rings. The highest BCUT2D eigenvalue weighted by molar-refractivity contribution is 7.52. The van der Waals surface area contributed by atoms with Gasteiger partial charge in [0, 0.05) is 18.2 Å². The molecule has 6 unspecified atom stereocenters. The van der Waals surface area contributed by atoms with Crippen LogP contribution in [0.25, 0.3) is 0 Å². The number of carbonyl (C=O) groups excluding carboxylic acids is 1. The second-order valence-electron chi connectivity index (χ2n) is 8.15. The summed E-state index contributed by atoms with van der Waals surface area (Å²) in [6.45, 7) is 4.80. The highest BCUT2D eigenvalue weighted by atomic mass is 31.2. The van der Waals surface area contributed by atoms with Gasteiger partial charge in [0.15, 0.2) is 0 Å². The molecule has 1 saturated heterocycles. The molecule has 0 amide bonds. The van der Waals surface area contributed by atoms with Gasteiger partial charge in [0.25, 0.3) is 5.56 Å². The van der Waals surface area contributed by atoms with E-state index in [0.717, 1.165) is 4.57 Å². The first kappa shape index (κ1) is 26.8. The molecular formula is C22H30N3O9P. The number of hydrogen-bond acceptors (Lipinski definition) is 9. The maximum atomic E-state index is 13.6. The average molecular weight is 511 g/mol. The molecule has 35 heavy (non-hydrogen) atoms. The summed E-state index contributed by atoms with van der Waals surface area (Å²) in [5.41, 5.74) is -1.25. The zero-order valence-corrected chi connectivity index (χ0v) is 20.6. The summed E-state index contributed by atoms with van der Waals surface area (Å²) in [6, 6.07) is 8.39. The van der Waals surface area contributed by atoms with E-state index in [4.69, 9.17) is 18.5 Å². The molecule has 6 atom stereocenters. The Morgan fingerprint density at radius 1 is 1.29 bits per heavy atom. The lowest BCUT2D eigenvalue weighted by molar-refractivity contribution is -0.145. The largest absolute Gasteiger partial charge is 0.465 e. The van der Waals surface area contributed by atoms with Crippen molar-refractivity contribution >= 4 is 13.7 Å². The quantitative estimate of drug-likeness (QED) is 0.299. The Bertz CT molecular complexity index is 1150. The first-order chi connectivity index (χ1) is 16.6. The molecule has 0 saturated carbocycles. The van der Waals surface area contributed by atoms with E-state index in [-0.39, 0.29) is 19.0 Å². The zero-order chi connectivity index (χ0) is 25.6. The number of nitrogens with one attached hydrogen (secondary N) is 2. The van der Waals surface area contributed by atoms with Crippen molar-refractivity contribution in [1.82, 2.24) is 14.6 Å². The number of benzene rings is 1. The number of aliphatic hydroxyl groups is 1. The first-order valence-corrected chi connectivity index (χ1v) is 12.8. The monoisotopic (exact) mass is 511 g/mol. The molecule has 1 aromatic heterocycles. The van der Waals surface area contributed by atoms with Crippen LogP contribution in [0.2, 0.25) is 0 Å². The van der Waals surface area contributed by atoms with E-state index in [1.165, 1.54) is 19.2 Å². The molecule has 1 aliphatic rings. The number of rotatable bonds is 11. The molecule has 0 bridgehead atoms. The van der Waals surface area contributed by atoms with Gasteiger partial charge in [0.1, 0.15) is 24.1 Å². The number of esters is 1. The van der Waals surface area contributed by atoms with Gasteiger partial charge >= 0.3 is 19.4 Å². The van der Waals surface area contributed by atoms with Crippen molar-refractivity contribution in [2.75, 3.05) is 13.2 Å². The molecule has 0 aliphatic carbocycles. The molecule has 0 spiro atoms. The van der Waals surface area contributed by atoms with Crippen LogP contribution in [-0.2, 0) is 23.4 Å². The Labute approximate surface area is 201 Å². The zero-order valence-electron chi connectivity index (χ0n) is 19.7. The van der Waals surface area contributed by atoms with E-state index in [1.54, 1.807) is 37.3 Å². The van der Waals surface area contributed by atoms with E-state index >= 15 is 0 Å². The van der Waals surface area contributed by atoms with Gasteiger partial charge in [-0.05, 0) is 25.5 Å². The number of hydrogen-bond donors (Lipinski definition) is 3. The van der Waals surface area contributed by atoms with Crippen LogP contribution < -0.4 is 20.9 Å². The minimum atomic E-state index is -4.15. The number of H-pyrrole nitrogens is 1. The Morgan fingerprint density at radius 3 is 2.66 bits per heavy atom. The molecule has 13 heteroatoms. The Balaban J connectivity index is 1.74. The summed E-state index contributed by atoms with van der Waals surface area (Å²) in [7, 11) is -4.15. The van der Waals surface area contributed by atoms with Crippen molar-refractivity contribution in [3.63, 3.8) is 0 Å². The molecule has 3 N–H and O–H groups in total. The van der Waals surface area contributed by atoms with Crippen LogP contribution in [0.1, 0.15) is 33.4 Å². The summed E-state index contributed by atoms with van der Waals surface area (Å²) in [4.78, 5) is 37.9. The van der Waals surface area contributed by atoms with Crippen molar-refractivity contribution in [2.45, 2.75) is 51.7 Å². The summed E-state index contributed by atoms with van der Waals surface area (Å²) >= 11 is 0. The highest BCUT2D eigenvalue weighted by Crippen LogP contribution is 2.46. The van der Waals surface area contributed by atoms with E-state index in [9.17, 15) is 24.1 Å². The van der Waals surface area contributed by atoms with Gasteiger partial charge < -0.3 is 19.1 Å². The SMILES string of the molecule is CCCOC(=O)C(C)NP(=O)(OCC1OC(n2ccc(=O)[nH]c2=O)C(C)C1O)Oc1ccccc1. The van der Waals surface area contributed by atoms with Crippen molar-refractivity contribution < 1.29 is 33.0 Å². The standard InChI is InChI=1S/C22H30N3O9P/c1-4-12-31-21(28)15(3)24-35(30,34-16-8-6-5-7-9-16)32-13-17-19(27)14(2)20(33-17)25-11-10-18(26)23-22(25)29/h5-11,14-15,17,19-20,27H,4,12-13H2,1-3H3,(H,24,30)(H,23,26,29). The van der Waals surface area contributed by atoms with E-state index in [1.807, 2.05) is 6.92 Å². The van der Waals surface area contributed by atoms with Crippen LogP contribution in [0.15, 0.2) is 52.2 Å². The normalized spacial score (nSPS) is 24.5. The Hall–Kier alpha value is -2.76. The molecule has 2 aromatic rings. The topological polar surface area (TPSA) is 158 Å². The minimum Gasteiger partial charge on any atom is -0.465 e. The van der Waals surface area contributed by atoms with Crippen molar-refractivity contribution in [3.8, 4) is 5.75 Å². The van der Waals surface area contributed by atoms with Crippen LogP contribution in [0, 0.1) is 5.92 Å². The molecule has 0 radical (unpaired) electrons. The van der Waals surface area contributed by atoms with Crippen LogP contribution >= 0.6 is 7.75 Å². The van der Waals surface area contributed by atoms with E-state index in [2.05, 4.69) is 10.1 Å². The molecule has 192 valence electrons. The summed E-state index contributed by atoms with van der Waals surface area (Å²) in [5, 5.41) is 13.2. The predicted molar refractivity (Wildman–Crippen MR) is 125 cm³/mol. The summed E-state index contributed by atoms with van der Waals surface area (Å²) < 4.78 is 36.8. The average Bonchev–Trinajstić information content (AvgIpc) is 3.10. The molecule has 3 rings (SSSR count).